The van der Waals surface area contributed by atoms with E-state index in [1.165, 1.54) is 60.8 Å². The van der Waals surface area contributed by atoms with Gasteiger partial charge in [-0.05, 0) is 73.7 Å². The van der Waals surface area contributed by atoms with Crippen LogP contribution in [0.2, 0.25) is 0 Å². The van der Waals surface area contributed by atoms with Crippen molar-refractivity contribution in [2.75, 3.05) is 31.1 Å². The van der Waals surface area contributed by atoms with Gasteiger partial charge < -0.3 is 4.90 Å². The van der Waals surface area contributed by atoms with Crippen molar-refractivity contribution in [3.63, 3.8) is 0 Å². The molecule has 0 spiro atoms. The van der Waals surface area contributed by atoms with Crippen molar-refractivity contribution < 1.29 is 0 Å². The molecule has 3 heterocycles. The Bertz CT molecular complexity index is 940. The van der Waals surface area contributed by atoms with Crippen LogP contribution < -0.4 is 4.90 Å². The zero-order chi connectivity index (χ0) is 18.1. The average molecular weight is 358 g/mol. The SMILES string of the molecule is c1cc(CN2CCCC2)cc(-c2ccc3ncnc(N4CCCC4)c3c2)c1. The largest absolute Gasteiger partial charge is 0.356 e. The molecule has 0 N–H and O–H groups in total. The molecule has 0 atom stereocenters. The molecule has 0 unspecified atom stereocenters. The molecule has 0 aliphatic carbocycles. The lowest BCUT2D eigenvalue weighted by Gasteiger charge is -2.18. The third-order valence-corrected chi connectivity index (χ3v) is 5.89. The molecule has 2 fully saturated rings. The van der Waals surface area contributed by atoms with E-state index in [0.29, 0.717) is 0 Å². The van der Waals surface area contributed by atoms with Crippen molar-refractivity contribution in [2.24, 2.45) is 0 Å². The molecular weight excluding hydrogens is 332 g/mol. The Kier molecular flexibility index (Phi) is 4.50. The number of nitrogens with zero attached hydrogens (tertiary/aromatic N) is 4. The number of hydrogen-bond donors (Lipinski definition) is 0. The van der Waals surface area contributed by atoms with Crippen LogP contribution in [0, 0.1) is 0 Å². The molecule has 3 aromatic rings. The van der Waals surface area contributed by atoms with Crippen LogP contribution in [0.1, 0.15) is 31.2 Å². The summed E-state index contributed by atoms with van der Waals surface area (Å²) in [4.78, 5) is 14.1. The van der Waals surface area contributed by atoms with Gasteiger partial charge in [0.05, 0.1) is 5.52 Å². The van der Waals surface area contributed by atoms with Gasteiger partial charge in [-0.3, -0.25) is 4.90 Å². The molecule has 0 bridgehead atoms. The second-order valence-corrected chi connectivity index (χ2v) is 7.81. The Labute approximate surface area is 160 Å². The molecule has 27 heavy (non-hydrogen) atoms. The zero-order valence-electron chi connectivity index (χ0n) is 15.8. The van der Waals surface area contributed by atoms with E-state index in [-0.39, 0.29) is 0 Å². The number of benzene rings is 2. The minimum absolute atomic E-state index is 1.03. The Hall–Kier alpha value is -2.46. The van der Waals surface area contributed by atoms with Gasteiger partial charge in [0.1, 0.15) is 12.1 Å². The third kappa shape index (κ3) is 3.42. The van der Waals surface area contributed by atoms with Crippen LogP contribution in [-0.2, 0) is 6.54 Å². The first-order chi connectivity index (χ1) is 13.4. The quantitative estimate of drug-likeness (QED) is 0.688. The number of fused-ring (bicyclic) bond motifs is 1. The molecule has 4 nitrogen and oxygen atoms in total. The summed E-state index contributed by atoms with van der Waals surface area (Å²) >= 11 is 0. The fourth-order valence-corrected chi connectivity index (χ4v) is 4.45. The van der Waals surface area contributed by atoms with Crippen LogP contribution >= 0.6 is 0 Å². The van der Waals surface area contributed by atoms with Gasteiger partial charge in [-0.25, -0.2) is 9.97 Å². The summed E-state index contributed by atoms with van der Waals surface area (Å²) < 4.78 is 0. The minimum atomic E-state index is 1.03. The van der Waals surface area contributed by atoms with Crippen molar-refractivity contribution in [2.45, 2.75) is 32.2 Å². The summed E-state index contributed by atoms with van der Waals surface area (Å²) in [7, 11) is 0. The lowest BCUT2D eigenvalue weighted by Crippen LogP contribution is -2.19. The lowest BCUT2D eigenvalue weighted by atomic mass is 10.0. The maximum atomic E-state index is 4.62. The summed E-state index contributed by atoms with van der Waals surface area (Å²) in [6, 6.07) is 15.6. The number of rotatable bonds is 4. The smallest absolute Gasteiger partial charge is 0.139 e. The molecule has 1 aromatic heterocycles. The van der Waals surface area contributed by atoms with Crippen LogP contribution in [0.25, 0.3) is 22.0 Å². The van der Waals surface area contributed by atoms with Crippen molar-refractivity contribution in [1.29, 1.82) is 0 Å². The summed E-state index contributed by atoms with van der Waals surface area (Å²) in [5, 5.41) is 1.17. The molecule has 2 aliphatic heterocycles. The molecule has 2 saturated heterocycles. The van der Waals surface area contributed by atoms with Crippen LogP contribution in [-0.4, -0.2) is 41.0 Å². The van der Waals surface area contributed by atoms with E-state index in [1.54, 1.807) is 6.33 Å². The standard InChI is InChI=1S/C23H26N4/c1-2-11-26(10-1)16-18-6-5-7-19(14-18)20-8-9-22-21(15-20)23(25-17-24-22)27-12-3-4-13-27/h5-9,14-15,17H,1-4,10-13,16H2. The molecular formula is C23H26N4. The molecule has 138 valence electrons. The summed E-state index contributed by atoms with van der Waals surface area (Å²) in [5.74, 6) is 1.09. The van der Waals surface area contributed by atoms with Crippen molar-refractivity contribution in [3.05, 3.63) is 54.4 Å². The highest BCUT2D eigenvalue weighted by molar-refractivity contribution is 5.93. The lowest BCUT2D eigenvalue weighted by molar-refractivity contribution is 0.331. The molecule has 0 amide bonds. The molecule has 2 aromatic carbocycles. The van der Waals surface area contributed by atoms with Gasteiger partial charge >= 0.3 is 0 Å². The molecule has 4 heteroatoms. The molecule has 5 rings (SSSR count). The molecule has 0 radical (unpaired) electrons. The summed E-state index contributed by atoms with van der Waals surface area (Å²) in [6.07, 6.45) is 6.88. The maximum absolute atomic E-state index is 4.62. The van der Waals surface area contributed by atoms with E-state index < -0.39 is 0 Å². The van der Waals surface area contributed by atoms with Crippen LogP contribution in [0.15, 0.2) is 48.8 Å². The van der Waals surface area contributed by atoms with Gasteiger partial charge in [-0.2, -0.15) is 0 Å². The topological polar surface area (TPSA) is 32.3 Å². The number of hydrogen-bond acceptors (Lipinski definition) is 4. The summed E-state index contributed by atoms with van der Waals surface area (Å²) in [5.41, 5.74) is 4.97. The van der Waals surface area contributed by atoms with Gasteiger partial charge in [0.25, 0.3) is 0 Å². The van der Waals surface area contributed by atoms with E-state index >= 15 is 0 Å². The second kappa shape index (κ2) is 7.28. The number of aromatic nitrogens is 2. The minimum Gasteiger partial charge on any atom is -0.356 e. The highest BCUT2D eigenvalue weighted by atomic mass is 15.2. The van der Waals surface area contributed by atoms with E-state index in [4.69, 9.17) is 0 Å². The number of anilines is 1. The van der Waals surface area contributed by atoms with Crippen molar-refractivity contribution >= 4 is 16.7 Å². The van der Waals surface area contributed by atoms with E-state index in [0.717, 1.165) is 31.0 Å². The summed E-state index contributed by atoms with van der Waals surface area (Å²) in [6.45, 7) is 5.72. The van der Waals surface area contributed by atoms with Crippen LogP contribution in [0.4, 0.5) is 5.82 Å². The third-order valence-electron chi connectivity index (χ3n) is 5.89. The first kappa shape index (κ1) is 16.7. The zero-order valence-corrected chi connectivity index (χ0v) is 15.8. The Morgan fingerprint density at radius 1 is 0.778 bits per heavy atom. The maximum Gasteiger partial charge on any atom is 0.139 e. The Morgan fingerprint density at radius 2 is 1.56 bits per heavy atom. The van der Waals surface area contributed by atoms with Crippen LogP contribution in [0.5, 0.6) is 0 Å². The first-order valence-corrected chi connectivity index (χ1v) is 10.2. The monoisotopic (exact) mass is 358 g/mol. The fourth-order valence-electron chi connectivity index (χ4n) is 4.45. The van der Waals surface area contributed by atoms with Gasteiger partial charge in [0.15, 0.2) is 0 Å². The highest BCUT2D eigenvalue weighted by Gasteiger charge is 2.17. The van der Waals surface area contributed by atoms with Crippen molar-refractivity contribution in [1.82, 2.24) is 14.9 Å². The van der Waals surface area contributed by atoms with E-state index in [1.807, 2.05) is 0 Å². The highest BCUT2D eigenvalue weighted by Crippen LogP contribution is 2.30. The number of likely N-dealkylation sites (tertiary alicyclic amines) is 1. The van der Waals surface area contributed by atoms with Crippen molar-refractivity contribution in [3.8, 4) is 11.1 Å². The van der Waals surface area contributed by atoms with Gasteiger partial charge in [-0.15, -0.1) is 0 Å². The normalized spacial score (nSPS) is 17.9. The van der Waals surface area contributed by atoms with Gasteiger partial charge in [0, 0.05) is 25.0 Å². The molecule has 2 aliphatic rings. The van der Waals surface area contributed by atoms with E-state index in [2.05, 4.69) is 62.2 Å². The van der Waals surface area contributed by atoms with Gasteiger partial charge in [0.2, 0.25) is 0 Å². The van der Waals surface area contributed by atoms with Crippen LogP contribution in [0.3, 0.4) is 0 Å². The Morgan fingerprint density at radius 3 is 2.41 bits per heavy atom. The van der Waals surface area contributed by atoms with Gasteiger partial charge in [-0.1, -0.05) is 24.3 Å². The predicted octanol–water partition coefficient (Wildman–Crippen LogP) is 4.49. The Balaban J connectivity index is 1.50. The van der Waals surface area contributed by atoms with E-state index in [9.17, 15) is 0 Å². The second-order valence-electron chi connectivity index (χ2n) is 7.81. The first-order valence-electron chi connectivity index (χ1n) is 10.2. The molecule has 0 saturated carbocycles. The predicted molar refractivity (Wildman–Crippen MR) is 111 cm³/mol. The fraction of sp³-hybridized carbons (Fsp3) is 0.391. The average Bonchev–Trinajstić information content (AvgIpc) is 3.41.